The molecule has 2 aliphatic rings. The van der Waals surface area contributed by atoms with Crippen LogP contribution in [0.2, 0.25) is 0 Å². The van der Waals surface area contributed by atoms with E-state index >= 15 is 0 Å². The van der Waals surface area contributed by atoms with Gasteiger partial charge in [0.25, 0.3) is 0 Å². The van der Waals surface area contributed by atoms with E-state index in [1.165, 1.54) is 11.5 Å². The maximum atomic E-state index is 8.63. The topological polar surface area (TPSA) is 71.1 Å². The standard InChI is InChI=1S/C12H23N3O2S/c1-15(9-11(13)14-16)10-2-5-17-12(8-10)3-6-18-7-4-12/h10,16H,2-9H2,1H3,(H2,13,14). The van der Waals surface area contributed by atoms with Crippen molar-refractivity contribution in [3.05, 3.63) is 0 Å². The summed E-state index contributed by atoms with van der Waals surface area (Å²) in [5, 5.41) is 11.7. The molecule has 3 N–H and O–H groups in total. The summed E-state index contributed by atoms with van der Waals surface area (Å²) in [4.78, 5) is 2.18. The minimum atomic E-state index is 0.0908. The molecule has 0 saturated carbocycles. The highest BCUT2D eigenvalue weighted by Crippen LogP contribution is 2.38. The van der Waals surface area contributed by atoms with Crippen LogP contribution in [0.4, 0.5) is 0 Å². The Morgan fingerprint density at radius 3 is 2.94 bits per heavy atom. The van der Waals surface area contributed by atoms with Crippen molar-refractivity contribution in [3.63, 3.8) is 0 Å². The second-order valence-corrected chi connectivity index (χ2v) is 6.52. The molecule has 0 radical (unpaired) electrons. The Labute approximate surface area is 113 Å². The molecular formula is C12H23N3O2S. The molecule has 2 rings (SSSR count). The zero-order valence-electron chi connectivity index (χ0n) is 11.0. The van der Waals surface area contributed by atoms with E-state index in [0.717, 1.165) is 32.3 Å². The minimum absolute atomic E-state index is 0.0908. The highest BCUT2D eigenvalue weighted by atomic mass is 32.2. The summed E-state index contributed by atoms with van der Waals surface area (Å²) in [6.07, 6.45) is 4.42. The Morgan fingerprint density at radius 1 is 1.56 bits per heavy atom. The fourth-order valence-corrected chi connectivity index (χ4v) is 4.12. The predicted molar refractivity (Wildman–Crippen MR) is 74.3 cm³/mol. The average molecular weight is 273 g/mol. The largest absolute Gasteiger partial charge is 0.409 e. The van der Waals surface area contributed by atoms with Crippen LogP contribution in [0.25, 0.3) is 0 Å². The molecule has 1 spiro atoms. The first-order valence-electron chi connectivity index (χ1n) is 6.53. The van der Waals surface area contributed by atoms with Crippen molar-refractivity contribution >= 4 is 17.6 Å². The summed E-state index contributed by atoms with van der Waals surface area (Å²) in [6, 6.07) is 0.474. The molecular weight excluding hydrogens is 250 g/mol. The van der Waals surface area contributed by atoms with Gasteiger partial charge < -0.3 is 15.7 Å². The molecule has 1 unspecified atom stereocenters. The van der Waals surface area contributed by atoms with Gasteiger partial charge in [0.1, 0.15) is 0 Å². The summed E-state index contributed by atoms with van der Waals surface area (Å²) in [5.74, 6) is 2.69. The number of rotatable bonds is 3. The zero-order chi connectivity index (χ0) is 13.0. The van der Waals surface area contributed by atoms with E-state index < -0.39 is 0 Å². The predicted octanol–water partition coefficient (Wildman–Crippen LogP) is 1.11. The summed E-state index contributed by atoms with van der Waals surface area (Å²) in [6.45, 7) is 1.35. The van der Waals surface area contributed by atoms with Crippen LogP contribution in [0, 0.1) is 0 Å². The second kappa shape index (κ2) is 6.12. The first-order chi connectivity index (χ1) is 8.65. The molecule has 2 aliphatic heterocycles. The number of hydrogen-bond acceptors (Lipinski definition) is 5. The molecule has 0 amide bonds. The first kappa shape index (κ1) is 14.0. The third kappa shape index (κ3) is 3.30. The molecule has 6 heteroatoms. The second-order valence-electron chi connectivity index (χ2n) is 5.30. The van der Waals surface area contributed by atoms with E-state index in [1.807, 2.05) is 18.8 Å². The molecule has 2 fully saturated rings. The summed E-state index contributed by atoms with van der Waals surface area (Å²) >= 11 is 2.02. The molecule has 104 valence electrons. The van der Waals surface area contributed by atoms with E-state index in [9.17, 15) is 0 Å². The van der Waals surface area contributed by atoms with Crippen LogP contribution >= 0.6 is 11.8 Å². The van der Waals surface area contributed by atoms with Gasteiger partial charge in [0.2, 0.25) is 0 Å². The van der Waals surface area contributed by atoms with Gasteiger partial charge in [-0.1, -0.05) is 5.16 Å². The van der Waals surface area contributed by atoms with Gasteiger partial charge in [0, 0.05) is 12.6 Å². The number of likely N-dealkylation sites (N-methyl/N-ethyl adjacent to an activating group) is 1. The van der Waals surface area contributed by atoms with Crippen molar-refractivity contribution in [3.8, 4) is 0 Å². The Balaban J connectivity index is 1.93. The Bertz CT molecular complexity index is 300. The van der Waals surface area contributed by atoms with Gasteiger partial charge in [0.15, 0.2) is 5.84 Å². The van der Waals surface area contributed by atoms with Crippen LogP contribution in [0.15, 0.2) is 5.16 Å². The number of nitrogens with zero attached hydrogens (tertiary/aromatic N) is 2. The Hall–Kier alpha value is -0.460. The van der Waals surface area contributed by atoms with E-state index in [1.54, 1.807) is 0 Å². The average Bonchev–Trinajstić information content (AvgIpc) is 2.39. The van der Waals surface area contributed by atoms with Crippen molar-refractivity contribution in [2.24, 2.45) is 10.9 Å². The van der Waals surface area contributed by atoms with Crippen LogP contribution in [0.5, 0.6) is 0 Å². The fraction of sp³-hybridized carbons (Fsp3) is 0.917. The third-order valence-corrected chi connectivity index (χ3v) is 5.02. The lowest BCUT2D eigenvalue weighted by Gasteiger charge is -2.45. The lowest BCUT2D eigenvalue weighted by atomic mass is 9.85. The van der Waals surface area contributed by atoms with Crippen LogP contribution in [0.1, 0.15) is 25.7 Å². The van der Waals surface area contributed by atoms with Crippen molar-refractivity contribution < 1.29 is 9.94 Å². The molecule has 0 aromatic rings. The van der Waals surface area contributed by atoms with E-state index in [2.05, 4.69) is 10.1 Å². The van der Waals surface area contributed by atoms with Gasteiger partial charge in [-0.05, 0) is 44.2 Å². The van der Waals surface area contributed by atoms with Crippen LogP contribution < -0.4 is 5.73 Å². The van der Waals surface area contributed by atoms with Gasteiger partial charge >= 0.3 is 0 Å². The highest BCUT2D eigenvalue weighted by Gasteiger charge is 2.39. The zero-order valence-corrected chi connectivity index (χ0v) is 11.8. The molecule has 0 bridgehead atoms. The van der Waals surface area contributed by atoms with E-state index in [-0.39, 0.29) is 11.4 Å². The first-order valence-corrected chi connectivity index (χ1v) is 7.69. The van der Waals surface area contributed by atoms with Gasteiger partial charge in [-0.3, -0.25) is 4.90 Å². The van der Waals surface area contributed by atoms with Gasteiger partial charge in [-0.15, -0.1) is 0 Å². The number of nitrogens with two attached hydrogens (primary N) is 1. The Morgan fingerprint density at radius 2 is 2.28 bits per heavy atom. The fourth-order valence-electron chi connectivity index (χ4n) is 2.89. The molecule has 0 aromatic carbocycles. The molecule has 1 atom stereocenters. The monoisotopic (exact) mass is 273 g/mol. The van der Waals surface area contributed by atoms with Crippen LogP contribution in [-0.2, 0) is 4.74 Å². The smallest absolute Gasteiger partial charge is 0.153 e. The lowest BCUT2D eigenvalue weighted by molar-refractivity contribution is -0.106. The lowest BCUT2D eigenvalue weighted by Crippen LogP contribution is -2.50. The highest BCUT2D eigenvalue weighted by molar-refractivity contribution is 7.99. The SMILES string of the molecule is CN(CC(N)=NO)C1CCOC2(CCSCC2)C1. The van der Waals surface area contributed by atoms with Crippen molar-refractivity contribution in [1.82, 2.24) is 4.90 Å². The van der Waals surface area contributed by atoms with Gasteiger partial charge in [-0.2, -0.15) is 11.8 Å². The van der Waals surface area contributed by atoms with Crippen LogP contribution in [0.3, 0.4) is 0 Å². The van der Waals surface area contributed by atoms with E-state index in [4.69, 9.17) is 15.7 Å². The normalized spacial score (nSPS) is 28.8. The van der Waals surface area contributed by atoms with Gasteiger partial charge in [0.05, 0.1) is 12.1 Å². The quantitative estimate of drug-likeness (QED) is 0.349. The molecule has 0 aliphatic carbocycles. The number of oxime groups is 1. The number of thioether (sulfide) groups is 1. The van der Waals surface area contributed by atoms with Crippen LogP contribution in [-0.4, -0.2) is 59.3 Å². The van der Waals surface area contributed by atoms with E-state index in [0.29, 0.717) is 12.6 Å². The van der Waals surface area contributed by atoms with Gasteiger partial charge in [-0.25, -0.2) is 0 Å². The summed E-state index contributed by atoms with van der Waals surface area (Å²) in [5.41, 5.74) is 5.67. The maximum Gasteiger partial charge on any atom is 0.153 e. The molecule has 5 nitrogen and oxygen atoms in total. The number of ether oxygens (including phenoxy) is 1. The molecule has 2 heterocycles. The third-order valence-electron chi connectivity index (χ3n) is 4.03. The molecule has 2 saturated heterocycles. The Kier molecular flexibility index (Phi) is 4.75. The van der Waals surface area contributed by atoms with Crippen molar-refractivity contribution in [2.75, 3.05) is 31.7 Å². The number of amidine groups is 1. The van der Waals surface area contributed by atoms with Crippen molar-refractivity contribution in [2.45, 2.75) is 37.3 Å². The minimum Gasteiger partial charge on any atom is -0.409 e. The molecule has 18 heavy (non-hydrogen) atoms. The number of hydrogen-bond donors (Lipinski definition) is 2. The van der Waals surface area contributed by atoms with Crippen molar-refractivity contribution in [1.29, 1.82) is 0 Å². The summed E-state index contributed by atoms with van der Waals surface area (Å²) < 4.78 is 6.07. The summed E-state index contributed by atoms with van der Waals surface area (Å²) in [7, 11) is 2.04. The molecule has 0 aromatic heterocycles. The maximum absolute atomic E-state index is 8.63.